The molecule has 1 N–H and O–H groups in total. The molecule has 2 aromatic heterocycles. The highest BCUT2D eigenvalue weighted by Crippen LogP contribution is 2.10. The molecule has 1 atom stereocenters. The maximum atomic E-state index is 13.1. The van der Waals surface area contributed by atoms with E-state index in [-0.39, 0.29) is 13.2 Å². The van der Waals surface area contributed by atoms with E-state index in [1.807, 2.05) is 25.1 Å². The van der Waals surface area contributed by atoms with Gasteiger partial charge >= 0.3 is 5.69 Å². The van der Waals surface area contributed by atoms with Gasteiger partial charge in [-0.3, -0.25) is 13.9 Å². The van der Waals surface area contributed by atoms with Gasteiger partial charge in [-0.2, -0.15) is 0 Å². The molecule has 0 aliphatic carbocycles. The fourth-order valence-corrected chi connectivity index (χ4v) is 3.30. The molecule has 3 aromatic rings. The molecule has 156 valence electrons. The first-order valence-corrected chi connectivity index (χ1v) is 10.1. The molecule has 3 rings (SSSR count). The molecule has 8 nitrogen and oxygen atoms in total. The van der Waals surface area contributed by atoms with Crippen molar-refractivity contribution in [3.8, 4) is 5.75 Å². The number of aliphatic hydroxyl groups excluding tert-OH is 1. The van der Waals surface area contributed by atoms with Crippen LogP contribution >= 0.6 is 0 Å². The van der Waals surface area contributed by atoms with Crippen LogP contribution < -0.4 is 16.0 Å². The molecule has 29 heavy (non-hydrogen) atoms. The molecule has 0 saturated carbocycles. The molecule has 2 heterocycles. The molecule has 0 bridgehead atoms. The van der Waals surface area contributed by atoms with Gasteiger partial charge < -0.3 is 14.4 Å². The first-order valence-electron chi connectivity index (χ1n) is 10.1. The number of fused-ring (bicyclic) bond motifs is 1. The Morgan fingerprint density at radius 1 is 1.07 bits per heavy atom. The Kier molecular flexibility index (Phi) is 6.87. The zero-order valence-electron chi connectivity index (χ0n) is 17.0. The number of para-hydroxylation sites is 1. The minimum Gasteiger partial charge on any atom is -0.491 e. The van der Waals surface area contributed by atoms with Crippen LogP contribution in [0.3, 0.4) is 0 Å². The summed E-state index contributed by atoms with van der Waals surface area (Å²) in [6, 6.07) is 9.11. The molecule has 0 aliphatic heterocycles. The molecule has 0 radical (unpaired) electrons. The average Bonchev–Trinajstić information content (AvgIpc) is 3.16. The van der Waals surface area contributed by atoms with E-state index in [0.717, 1.165) is 23.8 Å². The van der Waals surface area contributed by atoms with Gasteiger partial charge in [-0.25, -0.2) is 9.78 Å². The Morgan fingerprint density at radius 3 is 2.52 bits per heavy atom. The number of hydrogen-bond donors (Lipinski definition) is 1. The van der Waals surface area contributed by atoms with Gasteiger partial charge in [-0.15, -0.1) is 0 Å². The van der Waals surface area contributed by atoms with Crippen LogP contribution in [0.25, 0.3) is 11.2 Å². The normalized spacial score (nSPS) is 12.4. The summed E-state index contributed by atoms with van der Waals surface area (Å²) in [5, 5.41) is 10.4. The van der Waals surface area contributed by atoms with Gasteiger partial charge in [-0.1, -0.05) is 38.5 Å². The van der Waals surface area contributed by atoms with E-state index < -0.39 is 17.4 Å². The standard InChI is InChI=1S/C21H28N4O4/c1-3-5-12-23-15-22-19-18(23)20(27)25(21(28)24(19)11-4-2)13-16(26)14-29-17-9-7-6-8-10-17/h6-10,15-16,26H,3-5,11-14H2,1-2H3/t16-/m1/s1. The predicted molar refractivity (Wildman–Crippen MR) is 111 cm³/mol. The van der Waals surface area contributed by atoms with Gasteiger partial charge in [0, 0.05) is 13.1 Å². The van der Waals surface area contributed by atoms with Gasteiger partial charge in [0.1, 0.15) is 18.5 Å². The van der Waals surface area contributed by atoms with Crippen LogP contribution in [-0.4, -0.2) is 36.5 Å². The lowest BCUT2D eigenvalue weighted by Crippen LogP contribution is -2.44. The van der Waals surface area contributed by atoms with Crippen molar-refractivity contribution in [2.75, 3.05) is 6.61 Å². The third-order valence-corrected chi connectivity index (χ3v) is 4.76. The van der Waals surface area contributed by atoms with Crippen molar-refractivity contribution in [1.29, 1.82) is 0 Å². The second-order valence-electron chi connectivity index (χ2n) is 7.09. The number of aryl methyl sites for hydroxylation is 2. The number of hydrogen-bond acceptors (Lipinski definition) is 5. The monoisotopic (exact) mass is 400 g/mol. The van der Waals surface area contributed by atoms with Crippen LogP contribution in [0.15, 0.2) is 46.2 Å². The van der Waals surface area contributed by atoms with Gasteiger partial charge in [0.05, 0.1) is 12.9 Å². The van der Waals surface area contributed by atoms with Crippen LogP contribution in [0.4, 0.5) is 0 Å². The highest BCUT2D eigenvalue weighted by atomic mass is 16.5. The van der Waals surface area contributed by atoms with E-state index in [1.54, 1.807) is 23.0 Å². The van der Waals surface area contributed by atoms with Crippen molar-refractivity contribution >= 4 is 11.2 Å². The summed E-state index contributed by atoms with van der Waals surface area (Å²) in [4.78, 5) is 30.4. The fourth-order valence-electron chi connectivity index (χ4n) is 3.30. The van der Waals surface area contributed by atoms with E-state index in [0.29, 0.717) is 30.0 Å². The number of rotatable bonds is 10. The number of benzene rings is 1. The maximum Gasteiger partial charge on any atom is 0.332 e. The van der Waals surface area contributed by atoms with E-state index in [9.17, 15) is 14.7 Å². The molecule has 1 aromatic carbocycles. The fraction of sp³-hybridized carbons (Fsp3) is 0.476. The zero-order valence-corrected chi connectivity index (χ0v) is 17.0. The highest BCUT2D eigenvalue weighted by Gasteiger charge is 2.19. The molecule has 0 aliphatic rings. The van der Waals surface area contributed by atoms with Crippen molar-refractivity contribution in [3.63, 3.8) is 0 Å². The summed E-state index contributed by atoms with van der Waals surface area (Å²) in [5.74, 6) is 0.621. The second-order valence-corrected chi connectivity index (χ2v) is 7.09. The van der Waals surface area contributed by atoms with Crippen LogP contribution in [0.2, 0.25) is 0 Å². The summed E-state index contributed by atoms with van der Waals surface area (Å²) in [6.07, 6.45) is 3.24. The second kappa shape index (κ2) is 9.56. The van der Waals surface area contributed by atoms with Gasteiger partial charge in [0.15, 0.2) is 11.2 Å². The maximum absolute atomic E-state index is 13.1. The summed E-state index contributed by atoms with van der Waals surface area (Å²) in [5.41, 5.74) is -0.0690. The molecule has 8 heteroatoms. The summed E-state index contributed by atoms with van der Waals surface area (Å²) >= 11 is 0. The number of imidazole rings is 1. The Morgan fingerprint density at radius 2 is 1.83 bits per heavy atom. The summed E-state index contributed by atoms with van der Waals surface area (Å²) in [7, 11) is 0. The lowest BCUT2D eigenvalue weighted by atomic mass is 10.3. The van der Waals surface area contributed by atoms with E-state index in [1.165, 1.54) is 4.57 Å². The predicted octanol–water partition coefficient (Wildman–Crippen LogP) is 2.01. The zero-order chi connectivity index (χ0) is 20.8. The molecule has 0 amide bonds. The van der Waals surface area contributed by atoms with Crippen molar-refractivity contribution < 1.29 is 9.84 Å². The average molecular weight is 400 g/mol. The Hall–Kier alpha value is -2.87. The summed E-state index contributed by atoms with van der Waals surface area (Å²) in [6.45, 7) is 5.00. The lowest BCUT2D eigenvalue weighted by molar-refractivity contribution is 0.0901. The van der Waals surface area contributed by atoms with Crippen molar-refractivity contribution in [1.82, 2.24) is 18.7 Å². The van der Waals surface area contributed by atoms with Crippen molar-refractivity contribution in [2.45, 2.75) is 58.8 Å². The number of aliphatic hydroxyl groups is 1. The smallest absolute Gasteiger partial charge is 0.332 e. The Bertz CT molecular complexity index is 1050. The van der Waals surface area contributed by atoms with Gasteiger partial charge in [0.2, 0.25) is 0 Å². The molecular weight excluding hydrogens is 372 g/mol. The largest absolute Gasteiger partial charge is 0.491 e. The third kappa shape index (κ3) is 4.59. The number of ether oxygens (including phenoxy) is 1. The van der Waals surface area contributed by atoms with Crippen LogP contribution in [0.5, 0.6) is 5.75 Å². The SMILES string of the molecule is CCCCn1cnc2c1c(=O)n(C[C@@H](O)COc1ccccc1)c(=O)n2CCC. The molecule has 0 unspecified atom stereocenters. The number of aromatic nitrogens is 4. The molecular formula is C21H28N4O4. The topological polar surface area (TPSA) is 91.3 Å². The van der Waals surface area contributed by atoms with E-state index >= 15 is 0 Å². The van der Waals surface area contributed by atoms with Crippen LogP contribution in [0.1, 0.15) is 33.1 Å². The van der Waals surface area contributed by atoms with Crippen LogP contribution in [-0.2, 0) is 19.6 Å². The van der Waals surface area contributed by atoms with Crippen molar-refractivity contribution in [3.05, 3.63) is 57.5 Å². The molecule has 0 fully saturated rings. The minimum absolute atomic E-state index is 0.0171. The first kappa shape index (κ1) is 20.9. The van der Waals surface area contributed by atoms with E-state index in [2.05, 4.69) is 11.9 Å². The number of nitrogens with zero attached hydrogens (tertiary/aromatic N) is 4. The lowest BCUT2D eigenvalue weighted by Gasteiger charge is -2.16. The van der Waals surface area contributed by atoms with Gasteiger partial charge in [0.25, 0.3) is 5.56 Å². The van der Waals surface area contributed by atoms with Crippen molar-refractivity contribution in [2.24, 2.45) is 0 Å². The molecule has 0 spiro atoms. The van der Waals surface area contributed by atoms with Crippen LogP contribution in [0, 0.1) is 0 Å². The first-order chi connectivity index (χ1) is 14.1. The molecule has 0 saturated heterocycles. The Labute approximate surface area is 169 Å². The van der Waals surface area contributed by atoms with Gasteiger partial charge in [-0.05, 0) is 25.0 Å². The van der Waals surface area contributed by atoms with E-state index in [4.69, 9.17) is 4.74 Å². The highest BCUT2D eigenvalue weighted by molar-refractivity contribution is 5.70. The Balaban J connectivity index is 1.93. The third-order valence-electron chi connectivity index (χ3n) is 4.76. The number of unbranched alkanes of at least 4 members (excludes halogenated alkanes) is 1. The quantitative estimate of drug-likeness (QED) is 0.562. The summed E-state index contributed by atoms with van der Waals surface area (Å²) < 4.78 is 9.97. The minimum atomic E-state index is -1.000.